The lowest BCUT2D eigenvalue weighted by atomic mass is 9.90. The third-order valence-corrected chi connectivity index (χ3v) is 5.28. The highest BCUT2D eigenvalue weighted by molar-refractivity contribution is 5.87. The summed E-state index contributed by atoms with van der Waals surface area (Å²) in [5, 5.41) is 14.5. The highest BCUT2D eigenvalue weighted by Gasteiger charge is 2.35. The summed E-state index contributed by atoms with van der Waals surface area (Å²) in [5.41, 5.74) is 0.480. The van der Waals surface area contributed by atoms with Crippen LogP contribution in [0.25, 0.3) is 0 Å². The second kappa shape index (κ2) is 8.19. The number of alkyl halides is 1. The molecule has 2 aliphatic heterocycles. The van der Waals surface area contributed by atoms with E-state index in [1.165, 1.54) is 6.07 Å². The smallest absolute Gasteiger partial charge is 0.239 e. The molecular weight excluding hydrogens is 373 g/mol. The Morgan fingerprint density at radius 2 is 2.21 bits per heavy atom. The zero-order valence-corrected chi connectivity index (χ0v) is 15.3. The highest BCUT2D eigenvalue weighted by Crippen LogP contribution is 2.24. The van der Waals surface area contributed by atoms with E-state index in [4.69, 9.17) is 5.26 Å². The van der Waals surface area contributed by atoms with E-state index in [1.807, 2.05) is 6.07 Å². The van der Waals surface area contributed by atoms with Crippen LogP contribution in [0.5, 0.6) is 0 Å². The molecule has 150 valence electrons. The number of amides is 2. The van der Waals surface area contributed by atoms with Crippen LogP contribution in [0.15, 0.2) is 12.1 Å². The van der Waals surface area contributed by atoms with E-state index < -0.39 is 41.7 Å². The Bertz CT molecular complexity index is 826. The molecular formula is C19H21F3N4O2. The molecule has 1 aromatic rings. The number of carbonyl (C=O) groups excluding carboxylic acids is 2. The van der Waals surface area contributed by atoms with Crippen molar-refractivity contribution in [1.29, 1.82) is 5.26 Å². The molecule has 0 aliphatic carbocycles. The minimum absolute atomic E-state index is 0.0702. The van der Waals surface area contributed by atoms with Gasteiger partial charge in [-0.3, -0.25) is 9.59 Å². The summed E-state index contributed by atoms with van der Waals surface area (Å²) < 4.78 is 41.7. The number of hydrogen-bond acceptors (Lipinski definition) is 4. The Morgan fingerprint density at radius 1 is 1.46 bits per heavy atom. The third kappa shape index (κ3) is 4.12. The SMILES string of the molecule is C[C@@H](NC(=O)CN1Cc2c(ccc(F)c2F)CC1=O)C1NCC(C#N)CC1F. The molecule has 0 bridgehead atoms. The largest absolute Gasteiger partial charge is 0.350 e. The fourth-order valence-corrected chi connectivity index (χ4v) is 3.73. The van der Waals surface area contributed by atoms with Gasteiger partial charge in [0.05, 0.1) is 31.0 Å². The van der Waals surface area contributed by atoms with Crippen LogP contribution >= 0.6 is 0 Å². The lowest BCUT2D eigenvalue weighted by Gasteiger charge is -2.35. The van der Waals surface area contributed by atoms with Crippen LogP contribution in [0.2, 0.25) is 0 Å². The highest BCUT2D eigenvalue weighted by atomic mass is 19.2. The zero-order chi connectivity index (χ0) is 20.4. The maximum absolute atomic E-state index is 14.2. The van der Waals surface area contributed by atoms with E-state index >= 15 is 0 Å². The molecule has 3 rings (SSSR count). The topological polar surface area (TPSA) is 85.2 Å². The van der Waals surface area contributed by atoms with Gasteiger partial charge in [0.2, 0.25) is 11.8 Å². The Morgan fingerprint density at radius 3 is 2.89 bits per heavy atom. The van der Waals surface area contributed by atoms with Gasteiger partial charge in [0, 0.05) is 24.7 Å². The Kier molecular flexibility index (Phi) is 5.89. The van der Waals surface area contributed by atoms with Gasteiger partial charge >= 0.3 is 0 Å². The van der Waals surface area contributed by atoms with Gasteiger partial charge < -0.3 is 15.5 Å². The van der Waals surface area contributed by atoms with Crippen LogP contribution < -0.4 is 10.6 Å². The van der Waals surface area contributed by atoms with E-state index in [2.05, 4.69) is 10.6 Å². The van der Waals surface area contributed by atoms with E-state index in [1.54, 1.807) is 6.92 Å². The summed E-state index contributed by atoms with van der Waals surface area (Å²) in [6.07, 6.45) is -1.29. The van der Waals surface area contributed by atoms with Gasteiger partial charge in [0.1, 0.15) is 6.17 Å². The van der Waals surface area contributed by atoms with Gasteiger partial charge in [-0.1, -0.05) is 6.07 Å². The summed E-state index contributed by atoms with van der Waals surface area (Å²) in [6.45, 7) is 1.45. The van der Waals surface area contributed by atoms with E-state index in [0.717, 1.165) is 11.0 Å². The maximum Gasteiger partial charge on any atom is 0.239 e. The van der Waals surface area contributed by atoms with Gasteiger partial charge in [0.15, 0.2) is 11.6 Å². The third-order valence-electron chi connectivity index (χ3n) is 5.28. The average Bonchev–Trinajstić information content (AvgIpc) is 2.65. The molecule has 1 aromatic carbocycles. The van der Waals surface area contributed by atoms with Crippen molar-refractivity contribution in [2.75, 3.05) is 13.1 Å². The molecule has 2 heterocycles. The van der Waals surface area contributed by atoms with Crippen molar-refractivity contribution in [3.05, 3.63) is 34.9 Å². The quantitative estimate of drug-likeness (QED) is 0.804. The first-order valence-corrected chi connectivity index (χ1v) is 9.10. The number of piperidine rings is 1. The van der Waals surface area contributed by atoms with Crippen molar-refractivity contribution < 1.29 is 22.8 Å². The number of halogens is 3. The maximum atomic E-state index is 14.2. The van der Waals surface area contributed by atoms with Gasteiger partial charge in [-0.25, -0.2) is 13.2 Å². The van der Waals surface area contributed by atoms with E-state index in [0.29, 0.717) is 12.1 Å². The Hall–Kier alpha value is -2.60. The van der Waals surface area contributed by atoms with Crippen LogP contribution in [0.4, 0.5) is 13.2 Å². The molecule has 1 fully saturated rings. The summed E-state index contributed by atoms with van der Waals surface area (Å²) in [7, 11) is 0. The molecule has 3 unspecified atom stereocenters. The van der Waals surface area contributed by atoms with Crippen LogP contribution in [0.3, 0.4) is 0 Å². The fourth-order valence-electron chi connectivity index (χ4n) is 3.73. The number of nitriles is 1. The van der Waals surface area contributed by atoms with Crippen molar-refractivity contribution >= 4 is 11.8 Å². The van der Waals surface area contributed by atoms with Gasteiger partial charge in [-0.15, -0.1) is 0 Å². The standard InChI is InChI=1S/C19H21F3N4O2/c1-10(19-15(21)4-11(6-23)7-24-19)25-16(27)9-26-8-13-12(5-17(26)28)2-3-14(20)18(13)22/h2-3,10-11,15,19,24H,4-5,7-9H2,1H3,(H,25,27)/t10-,11?,15?,19?/m1/s1. The predicted octanol–water partition coefficient (Wildman–Crippen LogP) is 1.19. The monoisotopic (exact) mass is 394 g/mol. The van der Waals surface area contributed by atoms with Crippen molar-refractivity contribution in [2.24, 2.45) is 5.92 Å². The summed E-state index contributed by atoms with van der Waals surface area (Å²) in [4.78, 5) is 25.7. The molecule has 28 heavy (non-hydrogen) atoms. The molecule has 9 heteroatoms. The molecule has 4 atom stereocenters. The van der Waals surface area contributed by atoms with Crippen LogP contribution in [0.1, 0.15) is 24.5 Å². The van der Waals surface area contributed by atoms with Crippen molar-refractivity contribution in [1.82, 2.24) is 15.5 Å². The number of carbonyl (C=O) groups is 2. The number of fused-ring (bicyclic) bond motifs is 1. The molecule has 2 aliphatic rings. The average molecular weight is 394 g/mol. The number of rotatable bonds is 4. The van der Waals surface area contributed by atoms with E-state index in [9.17, 15) is 22.8 Å². The fraction of sp³-hybridized carbons (Fsp3) is 0.526. The second-order valence-electron chi connectivity index (χ2n) is 7.29. The first-order valence-electron chi connectivity index (χ1n) is 9.10. The molecule has 2 amide bonds. The van der Waals surface area contributed by atoms with Crippen LogP contribution in [-0.2, 0) is 22.6 Å². The second-order valence-corrected chi connectivity index (χ2v) is 7.29. The molecule has 0 aromatic heterocycles. The first kappa shape index (κ1) is 20.1. The predicted molar refractivity (Wildman–Crippen MR) is 93.5 cm³/mol. The number of nitrogens with one attached hydrogen (secondary N) is 2. The lowest BCUT2D eigenvalue weighted by Crippen LogP contribution is -2.58. The zero-order valence-electron chi connectivity index (χ0n) is 15.3. The normalized spacial score (nSPS) is 25.6. The van der Waals surface area contributed by atoms with Crippen molar-refractivity contribution in [3.8, 4) is 6.07 Å². The summed E-state index contributed by atoms with van der Waals surface area (Å²) in [5.74, 6) is -3.30. The summed E-state index contributed by atoms with van der Waals surface area (Å²) >= 11 is 0. The van der Waals surface area contributed by atoms with Crippen molar-refractivity contribution in [3.63, 3.8) is 0 Å². The Balaban J connectivity index is 1.60. The molecule has 6 nitrogen and oxygen atoms in total. The first-order chi connectivity index (χ1) is 13.3. The van der Waals surface area contributed by atoms with Crippen molar-refractivity contribution in [2.45, 2.75) is 44.6 Å². The van der Waals surface area contributed by atoms with Gasteiger partial charge in [-0.05, 0) is 25.0 Å². The minimum Gasteiger partial charge on any atom is -0.350 e. The molecule has 2 N–H and O–H groups in total. The molecule has 0 saturated carbocycles. The molecule has 0 spiro atoms. The molecule has 0 radical (unpaired) electrons. The van der Waals surface area contributed by atoms with Crippen LogP contribution in [0, 0.1) is 28.9 Å². The van der Waals surface area contributed by atoms with Gasteiger partial charge in [-0.2, -0.15) is 5.26 Å². The van der Waals surface area contributed by atoms with Gasteiger partial charge in [0.25, 0.3) is 0 Å². The molecule has 1 saturated heterocycles. The minimum atomic E-state index is -1.28. The lowest BCUT2D eigenvalue weighted by molar-refractivity contribution is -0.137. The number of benzene rings is 1. The summed E-state index contributed by atoms with van der Waals surface area (Å²) in [6, 6.07) is 3.16. The van der Waals surface area contributed by atoms with E-state index in [-0.39, 0.29) is 37.4 Å². The van der Waals surface area contributed by atoms with Crippen LogP contribution in [-0.4, -0.2) is 48.1 Å². The number of nitrogens with zero attached hydrogens (tertiary/aromatic N) is 2. The number of hydrogen-bond donors (Lipinski definition) is 2. The Labute approximate surface area is 160 Å².